The molecule has 0 aliphatic carbocycles. The predicted molar refractivity (Wildman–Crippen MR) is 144 cm³/mol. The van der Waals surface area contributed by atoms with E-state index in [0.29, 0.717) is 21.0 Å². The predicted octanol–water partition coefficient (Wildman–Crippen LogP) is 5.75. The Bertz CT molecular complexity index is 1610. The lowest BCUT2D eigenvalue weighted by molar-refractivity contribution is 0.0996. The standard InChI is InChI=1S/C27H23N5O5S/c1-27(2,16-9-4-3-5-10-16)30-26(35)37-21-15-18-22(31-32-25(18)38-21)29-23(33)17-11-6-7-12-19(17)28-24(34)20-13-8-14-36-20/h3-15H,1-2H3,(H,28,34)(H,30,35)(H2,29,31,32,33). The number of amides is 3. The summed E-state index contributed by atoms with van der Waals surface area (Å²) >= 11 is 1.18. The number of nitrogens with one attached hydrogen (secondary N) is 4. The van der Waals surface area contributed by atoms with E-state index in [2.05, 4.69) is 26.1 Å². The molecule has 0 saturated heterocycles. The van der Waals surface area contributed by atoms with Crippen LogP contribution in [0.25, 0.3) is 10.2 Å². The Kier molecular flexibility index (Phi) is 6.67. The second-order valence-electron chi connectivity index (χ2n) is 8.82. The van der Waals surface area contributed by atoms with Crippen molar-refractivity contribution in [3.05, 3.63) is 95.9 Å². The van der Waals surface area contributed by atoms with Gasteiger partial charge in [-0.3, -0.25) is 14.7 Å². The molecule has 0 spiro atoms. The van der Waals surface area contributed by atoms with Crippen molar-refractivity contribution in [3.63, 3.8) is 0 Å². The molecule has 5 rings (SSSR count). The zero-order valence-corrected chi connectivity index (χ0v) is 21.2. The molecule has 3 amide bonds. The fourth-order valence-corrected chi connectivity index (χ4v) is 4.65. The van der Waals surface area contributed by atoms with Gasteiger partial charge in [-0.05, 0) is 43.7 Å². The monoisotopic (exact) mass is 529 g/mol. The average Bonchev–Trinajstić information content (AvgIpc) is 3.64. The van der Waals surface area contributed by atoms with Crippen LogP contribution in [0.5, 0.6) is 5.06 Å². The van der Waals surface area contributed by atoms with Crippen molar-refractivity contribution in [2.45, 2.75) is 19.4 Å². The smallest absolute Gasteiger partial charge is 0.414 e. The van der Waals surface area contributed by atoms with Crippen LogP contribution in [0.4, 0.5) is 16.3 Å². The Morgan fingerprint density at radius 1 is 0.947 bits per heavy atom. The number of aromatic nitrogens is 2. The molecule has 2 aromatic carbocycles. The lowest BCUT2D eigenvalue weighted by Gasteiger charge is -2.26. The molecule has 0 unspecified atom stereocenters. The van der Waals surface area contributed by atoms with Crippen molar-refractivity contribution in [1.82, 2.24) is 15.5 Å². The van der Waals surface area contributed by atoms with Crippen molar-refractivity contribution in [2.24, 2.45) is 0 Å². The molecular formula is C27H23N5O5S. The zero-order chi connectivity index (χ0) is 26.7. The average molecular weight is 530 g/mol. The Balaban J connectivity index is 1.28. The van der Waals surface area contributed by atoms with Gasteiger partial charge in [-0.15, -0.1) is 0 Å². The molecule has 3 aromatic heterocycles. The number of carbonyl (C=O) groups excluding carboxylic acids is 3. The van der Waals surface area contributed by atoms with Crippen molar-refractivity contribution in [3.8, 4) is 5.06 Å². The number of aromatic amines is 1. The number of hydrogen-bond donors (Lipinski definition) is 4. The maximum atomic E-state index is 13.1. The number of carbonyl (C=O) groups is 3. The lowest BCUT2D eigenvalue weighted by atomic mass is 9.95. The van der Waals surface area contributed by atoms with Crippen molar-refractivity contribution >= 4 is 51.0 Å². The van der Waals surface area contributed by atoms with Crippen LogP contribution in [-0.4, -0.2) is 28.1 Å². The Labute approximate surface area is 221 Å². The number of thiophene rings is 1. The summed E-state index contributed by atoms with van der Waals surface area (Å²) in [5, 5.41) is 16.2. The highest BCUT2D eigenvalue weighted by Crippen LogP contribution is 2.35. The molecule has 0 aliphatic rings. The van der Waals surface area contributed by atoms with E-state index >= 15 is 0 Å². The van der Waals surface area contributed by atoms with Crippen LogP contribution in [0.1, 0.15) is 40.3 Å². The highest BCUT2D eigenvalue weighted by Gasteiger charge is 2.25. The fourth-order valence-electron chi connectivity index (χ4n) is 3.80. The number of ether oxygens (including phenoxy) is 1. The third-order valence-electron chi connectivity index (χ3n) is 5.73. The number of fused-ring (bicyclic) bond motifs is 1. The Morgan fingerprint density at radius 2 is 1.71 bits per heavy atom. The molecule has 0 fully saturated rings. The maximum absolute atomic E-state index is 13.1. The van der Waals surface area contributed by atoms with E-state index < -0.39 is 23.4 Å². The molecule has 0 radical (unpaired) electrons. The van der Waals surface area contributed by atoms with Crippen molar-refractivity contribution in [2.75, 3.05) is 10.6 Å². The maximum Gasteiger partial charge on any atom is 0.414 e. The van der Waals surface area contributed by atoms with Gasteiger partial charge >= 0.3 is 6.09 Å². The molecule has 38 heavy (non-hydrogen) atoms. The molecule has 11 heteroatoms. The second kappa shape index (κ2) is 10.2. The molecule has 4 N–H and O–H groups in total. The number of para-hydroxylation sites is 1. The summed E-state index contributed by atoms with van der Waals surface area (Å²) in [5.41, 5.74) is 0.838. The number of nitrogens with zero attached hydrogens (tertiary/aromatic N) is 1. The van der Waals surface area contributed by atoms with E-state index in [9.17, 15) is 14.4 Å². The quantitative estimate of drug-likeness (QED) is 0.212. The second-order valence-corrected chi connectivity index (χ2v) is 9.83. The molecule has 0 atom stereocenters. The minimum atomic E-state index is -0.642. The van der Waals surface area contributed by atoms with Gasteiger partial charge in [0.05, 0.1) is 28.4 Å². The third kappa shape index (κ3) is 5.27. The molecule has 192 valence electrons. The first-order valence-corrected chi connectivity index (χ1v) is 12.4. The van der Waals surface area contributed by atoms with E-state index in [1.807, 2.05) is 44.2 Å². The molecule has 0 aliphatic heterocycles. The van der Waals surface area contributed by atoms with E-state index in [-0.39, 0.29) is 17.1 Å². The van der Waals surface area contributed by atoms with E-state index in [4.69, 9.17) is 9.15 Å². The van der Waals surface area contributed by atoms with Crippen LogP contribution >= 0.6 is 11.3 Å². The van der Waals surface area contributed by atoms with Gasteiger partial charge in [-0.2, -0.15) is 5.10 Å². The Hall–Kier alpha value is -4.90. The summed E-state index contributed by atoms with van der Waals surface area (Å²) in [7, 11) is 0. The number of benzene rings is 2. The molecule has 10 nitrogen and oxygen atoms in total. The molecule has 0 saturated carbocycles. The van der Waals surface area contributed by atoms with Gasteiger partial charge in [0, 0.05) is 6.07 Å². The van der Waals surface area contributed by atoms with Gasteiger partial charge in [0.25, 0.3) is 11.8 Å². The molecule has 0 bridgehead atoms. The van der Waals surface area contributed by atoms with E-state index in [1.54, 1.807) is 36.4 Å². The van der Waals surface area contributed by atoms with Crippen LogP contribution in [0, 0.1) is 0 Å². The summed E-state index contributed by atoms with van der Waals surface area (Å²) in [6.45, 7) is 3.77. The van der Waals surface area contributed by atoms with Gasteiger partial charge in [0.2, 0.25) is 0 Å². The van der Waals surface area contributed by atoms with E-state index in [1.165, 1.54) is 23.7 Å². The van der Waals surface area contributed by atoms with Gasteiger partial charge in [-0.25, -0.2) is 4.79 Å². The van der Waals surface area contributed by atoms with Crippen LogP contribution in [0.3, 0.4) is 0 Å². The largest absolute Gasteiger partial charge is 0.459 e. The minimum absolute atomic E-state index is 0.121. The highest BCUT2D eigenvalue weighted by atomic mass is 32.1. The number of H-pyrrole nitrogens is 1. The summed E-state index contributed by atoms with van der Waals surface area (Å²) in [4.78, 5) is 38.7. The molecule has 5 aromatic rings. The minimum Gasteiger partial charge on any atom is -0.459 e. The third-order valence-corrected chi connectivity index (χ3v) is 6.65. The number of anilines is 2. The SMILES string of the molecule is CC(C)(NC(=O)Oc1cc2c(NC(=O)c3ccccc3NC(=O)c3ccco3)n[nH]c2s1)c1ccccc1. The van der Waals surface area contributed by atoms with Gasteiger partial charge in [0.15, 0.2) is 16.6 Å². The van der Waals surface area contributed by atoms with Gasteiger partial charge < -0.3 is 25.1 Å². The normalized spacial score (nSPS) is 11.2. The van der Waals surface area contributed by atoms with Crippen LogP contribution in [0.2, 0.25) is 0 Å². The summed E-state index contributed by atoms with van der Waals surface area (Å²) in [5.74, 6) is -0.583. The van der Waals surface area contributed by atoms with Gasteiger partial charge in [-0.1, -0.05) is 53.8 Å². The molecule has 3 heterocycles. The first kappa shape index (κ1) is 24.8. The highest BCUT2D eigenvalue weighted by molar-refractivity contribution is 7.20. The van der Waals surface area contributed by atoms with E-state index in [0.717, 1.165) is 5.56 Å². The van der Waals surface area contributed by atoms with Crippen molar-refractivity contribution in [1.29, 1.82) is 0 Å². The summed E-state index contributed by atoms with van der Waals surface area (Å²) < 4.78 is 10.6. The van der Waals surface area contributed by atoms with Crippen LogP contribution in [0.15, 0.2) is 83.5 Å². The zero-order valence-electron chi connectivity index (χ0n) is 20.4. The number of rotatable bonds is 7. The van der Waals surface area contributed by atoms with Gasteiger partial charge in [0.1, 0.15) is 4.83 Å². The lowest BCUT2D eigenvalue weighted by Crippen LogP contribution is -2.42. The first-order chi connectivity index (χ1) is 18.3. The number of hydrogen-bond acceptors (Lipinski definition) is 7. The summed E-state index contributed by atoms with van der Waals surface area (Å²) in [6, 6.07) is 20.9. The number of furan rings is 1. The topological polar surface area (TPSA) is 138 Å². The van der Waals surface area contributed by atoms with Crippen LogP contribution < -0.4 is 20.7 Å². The first-order valence-electron chi connectivity index (χ1n) is 11.6. The van der Waals surface area contributed by atoms with Crippen molar-refractivity contribution < 1.29 is 23.5 Å². The fraction of sp³-hybridized carbons (Fsp3) is 0.111. The summed E-state index contributed by atoms with van der Waals surface area (Å²) in [6.07, 6.45) is 0.783. The molecular weight excluding hydrogens is 506 g/mol. The van der Waals surface area contributed by atoms with Crippen LogP contribution in [-0.2, 0) is 5.54 Å². The Morgan fingerprint density at radius 3 is 2.47 bits per heavy atom.